The summed E-state index contributed by atoms with van der Waals surface area (Å²) in [6.45, 7) is -0.0995. The number of aromatic nitrogens is 1. The van der Waals surface area contributed by atoms with Crippen LogP contribution in [-0.4, -0.2) is 62.0 Å². The summed E-state index contributed by atoms with van der Waals surface area (Å²) in [7, 11) is 0. The highest BCUT2D eigenvalue weighted by Crippen LogP contribution is 2.36. The molecule has 1 aromatic heterocycles. The molecule has 4 rings (SSSR count). The molecule has 180 valence electrons. The Bertz CT molecular complexity index is 1260. The SMILES string of the molecule is O=CNc1nc(C(=O)C(=O)NC2C(=O)N3C=C(C(=O)OCc4ccc([N+](=O)[O-])cc4)CS[C@H]23)cs1. The molecule has 1 fully saturated rings. The number of benzene rings is 1. The van der Waals surface area contributed by atoms with Crippen LogP contribution in [-0.2, 0) is 30.5 Å². The zero-order valence-electron chi connectivity index (χ0n) is 17.5. The van der Waals surface area contributed by atoms with Gasteiger partial charge in [-0.25, -0.2) is 9.78 Å². The van der Waals surface area contributed by atoms with E-state index < -0.39 is 39.9 Å². The Morgan fingerprint density at radius 3 is 2.71 bits per heavy atom. The number of amides is 3. The number of carbonyl (C=O) groups is 5. The van der Waals surface area contributed by atoms with E-state index in [1.54, 1.807) is 0 Å². The molecule has 2 aromatic rings. The van der Waals surface area contributed by atoms with Gasteiger partial charge in [0.25, 0.3) is 23.3 Å². The van der Waals surface area contributed by atoms with Crippen LogP contribution in [0.1, 0.15) is 16.1 Å². The van der Waals surface area contributed by atoms with E-state index in [9.17, 15) is 34.1 Å². The van der Waals surface area contributed by atoms with Crippen molar-refractivity contribution in [3.63, 3.8) is 0 Å². The number of nitro benzene ring substituents is 1. The second-order valence-electron chi connectivity index (χ2n) is 7.18. The van der Waals surface area contributed by atoms with Gasteiger partial charge in [-0.1, -0.05) is 0 Å². The Morgan fingerprint density at radius 1 is 1.29 bits per heavy atom. The van der Waals surface area contributed by atoms with Crippen molar-refractivity contribution in [3.05, 3.63) is 62.8 Å². The number of nitro groups is 1. The highest BCUT2D eigenvalue weighted by atomic mass is 32.2. The van der Waals surface area contributed by atoms with Crippen molar-refractivity contribution in [2.24, 2.45) is 0 Å². The molecule has 1 aromatic carbocycles. The number of thiazole rings is 1. The molecule has 0 saturated carbocycles. The van der Waals surface area contributed by atoms with Gasteiger partial charge in [-0.05, 0) is 17.7 Å². The second kappa shape index (κ2) is 10.0. The summed E-state index contributed by atoms with van der Waals surface area (Å²) in [6, 6.07) is 4.61. The number of β-lactam (4-membered cyclic amide) rings is 1. The molecule has 3 heterocycles. The van der Waals surface area contributed by atoms with Crippen molar-refractivity contribution in [2.75, 3.05) is 11.1 Å². The van der Waals surface area contributed by atoms with E-state index in [4.69, 9.17) is 4.74 Å². The Kier molecular flexibility index (Phi) is 6.88. The predicted octanol–water partition coefficient (Wildman–Crippen LogP) is 0.830. The van der Waals surface area contributed by atoms with Gasteiger partial charge in [0.2, 0.25) is 6.41 Å². The standard InChI is InChI=1S/C20H15N5O8S2/c26-9-21-20-22-13(8-35-20)15(27)16(28)23-14-17(29)24-5-11(7-34-18(14)24)19(30)33-6-10-1-3-12(4-2-10)25(31)32/h1-5,8-9,14,18H,6-7H2,(H,23,28)(H,21,22,26)/t14?,18-/m1/s1. The van der Waals surface area contributed by atoms with Gasteiger partial charge in [-0.15, -0.1) is 23.1 Å². The van der Waals surface area contributed by atoms with E-state index in [1.807, 2.05) is 0 Å². The first-order valence-corrected chi connectivity index (χ1v) is 11.8. The molecule has 1 saturated heterocycles. The van der Waals surface area contributed by atoms with Crippen LogP contribution in [0.5, 0.6) is 0 Å². The van der Waals surface area contributed by atoms with Gasteiger partial charge in [-0.3, -0.25) is 29.3 Å². The molecule has 35 heavy (non-hydrogen) atoms. The zero-order chi connectivity index (χ0) is 25.1. The molecule has 15 heteroatoms. The summed E-state index contributed by atoms with van der Waals surface area (Å²) >= 11 is 2.19. The lowest BCUT2D eigenvalue weighted by Crippen LogP contribution is -2.69. The molecule has 0 radical (unpaired) electrons. The molecule has 2 N–H and O–H groups in total. The number of Topliss-reactive ketones (excluding diaryl/α,β-unsaturated/α-hetero) is 1. The third-order valence-electron chi connectivity index (χ3n) is 4.98. The Hall–Kier alpha value is -4.11. The van der Waals surface area contributed by atoms with E-state index in [0.717, 1.165) is 11.3 Å². The number of nitrogens with one attached hydrogen (secondary N) is 2. The fourth-order valence-electron chi connectivity index (χ4n) is 3.20. The lowest BCUT2D eigenvalue weighted by molar-refractivity contribution is -0.384. The van der Waals surface area contributed by atoms with Gasteiger partial charge in [-0.2, -0.15) is 0 Å². The van der Waals surface area contributed by atoms with Crippen molar-refractivity contribution in [1.29, 1.82) is 0 Å². The molecular formula is C20H15N5O8S2. The van der Waals surface area contributed by atoms with Crippen LogP contribution in [0.2, 0.25) is 0 Å². The quantitative estimate of drug-likeness (QED) is 0.0920. The fraction of sp³-hybridized carbons (Fsp3) is 0.200. The van der Waals surface area contributed by atoms with E-state index in [-0.39, 0.29) is 34.4 Å². The molecule has 0 aliphatic carbocycles. The number of fused-ring (bicyclic) bond motifs is 1. The van der Waals surface area contributed by atoms with Gasteiger partial charge < -0.3 is 20.3 Å². The number of rotatable bonds is 9. The molecule has 1 unspecified atom stereocenters. The molecule has 2 atom stereocenters. The Balaban J connectivity index is 1.31. The minimum absolute atomic E-state index is 0.0802. The Labute approximate surface area is 204 Å². The van der Waals surface area contributed by atoms with Crippen molar-refractivity contribution in [3.8, 4) is 0 Å². The summed E-state index contributed by atoms with van der Waals surface area (Å²) in [5, 5.41) is 16.3. The summed E-state index contributed by atoms with van der Waals surface area (Å²) < 4.78 is 5.23. The lowest BCUT2D eigenvalue weighted by Gasteiger charge is -2.46. The topological polar surface area (TPSA) is 178 Å². The number of nitrogens with zero attached hydrogens (tertiary/aromatic N) is 3. The van der Waals surface area contributed by atoms with Crippen LogP contribution in [0.4, 0.5) is 10.8 Å². The lowest BCUT2D eigenvalue weighted by atomic mass is 10.1. The highest BCUT2D eigenvalue weighted by Gasteiger charge is 2.50. The van der Waals surface area contributed by atoms with Crippen LogP contribution in [0.25, 0.3) is 0 Å². The maximum absolute atomic E-state index is 12.5. The second-order valence-corrected chi connectivity index (χ2v) is 9.14. The number of thioether (sulfide) groups is 1. The van der Waals surface area contributed by atoms with E-state index >= 15 is 0 Å². The van der Waals surface area contributed by atoms with Gasteiger partial charge in [0.15, 0.2) is 5.13 Å². The average Bonchev–Trinajstić information content (AvgIpc) is 3.33. The predicted molar refractivity (Wildman–Crippen MR) is 122 cm³/mol. The molecule has 0 bridgehead atoms. The van der Waals surface area contributed by atoms with Crippen molar-refractivity contribution in [2.45, 2.75) is 18.0 Å². The summed E-state index contributed by atoms with van der Waals surface area (Å²) in [5.41, 5.74) is 0.561. The number of non-ortho nitro benzene ring substituents is 1. The zero-order valence-corrected chi connectivity index (χ0v) is 19.2. The number of anilines is 1. The van der Waals surface area contributed by atoms with E-state index in [0.29, 0.717) is 12.0 Å². The van der Waals surface area contributed by atoms with Gasteiger partial charge in [0, 0.05) is 29.5 Å². The smallest absolute Gasteiger partial charge is 0.336 e. The van der Waals surface area contributed by atoms with Crippen molar-refractivity contribution < 1.29 is 33.6 Å². The molecular weight excluding hydrogens is 502 g/mol. The van der Waals surface area contributed by atoms with Crippen molar-refractivity contribution in [1.82, 2.24) is 15.2 Å². The van der Waals surface area contributed by atoms with Gasteiger partial charge >= 0.3 is 5.97 Å². The minimum Gasteiger partial charge on any atom is -0.457 e. The number of ketones is 1. The fourth-order valence-corrected chi connectivity index (χ4v) is 5.09. The highest BCUT2D eigenvalue weighted by molar-refractivity contribution is 8.00. The number of hydrogen-bond acceptors (Lipinski definition) is 11. The maximum atomic E-state index is 12.5. The summed E-state index contributed by atoms with van der Waals surface area (Å²) in [6.07, 6.45) is 1.74. The van der Waals surface area contributed by atoms with Crippen LogP contribution in [0, 0.1) is 10.1 Å². The monoisotopic (exact) mass is 517 g/mol. The van der Waals surface area contributed by atoms with Crippen LogP contribution in [0.15, 0.2) is 41.4 Å². The third-order valence-corrected chi connectivity index (χ3v) is 7.07. The van der Waals surface area contributed by atoms with Gasteiger partial charge in [0.1, 0.15) is 23.7 Å². The summed E-state index contributed by atoms with van der Waals surface area (Å²) in [5.74, 6) is -2.89. The van der Waals surface area contributed by atoms with Crippen LogP contribution < -0.4 is 10.6 Å². The largest absolute Gasteiger partial charge is 0.457 e. The number of esters is 1. The van der Waals surface area contributed by atoms with Gasteiger partial charge in [0.05, 0.1) is 10.5 Å². The molecule has 2 aliphatic rings. The number of ether oxygens (including phenoxy) is 1. The first-order chi connectivity index (χ1) is 16.8. The third kappa shape index (κ3) is 5.04. The molecule has 0 spiro atoms. The van der Waals surface area contributed by atoms with Crippen LogP contribution in [0.3, 0.4) is 0 Å². The first kappa shape index (κ1) is 24.0. The maximum Gasteiger partial charge on any atom is 0.336 e. The van der Waals surface area contributed by atoms with E-state index in [2.05, 4.69) is 15.6 Å². The summed E-state index contributed by atoms with van der Waals surface area (Å²) in [4.78, 5) is 75.1. The average molecular weight is 518 g/mol. The minimum atomic E-state index is -1.01. The first-order valence-electron chi connectivity index (χ1n) is 9.84. The number of hydrogen-bond donors (Lipinski definition) is 2. The molecule has 2 aliphatic heterocycles. The van der Waals surface area contributed by atoms with Crippen molar-refractivity contribution >= 4 is 63.9 Å². The number of carbonyl (C=O) groups excluding carboxylic acids is 5. The molecule has 3 amide bonds. The van der Waals surface area contributed by atoms with E-state index in [1.165, 1.54) is 52.5 Å². The molecule has 13 nitrogen and oxygen atoms in total. The Morgan fingerprint density at radius 2 is 2.03 bits per heavy atom. The normalized spacial score (nSPS) is 18.5. The van der Waals surface area contributed by atoms with Crippen LogP contribution >= 0.6 is 23.1 Å².